The van der Waals surface area contributed by atoms with E-state index in [0.717, 1.165) is 50.7 Å². The van der Waals surface area contributed by atoms with E-state index in [1.165, 1.54) is 18.6 Å². The maximum Gasteiger partial charge on any atom is 0.226 e. The highest BCUT2D eigenvalue weighted by Crippen LogP contribution is 2.26. The van der Waals surface area contributed by atoms with Crippen molar-refractivity contribution in [3.8, 4) is 0 Å². The van der Waals surface area contributed by atoms with Gasteiger partial charge in [0.15, 0.2) is 0 Å². The fourth-order valence-electron chi connectivity index (χ4n) is 2.92. The van der Waals surface area contributed by atoms with Gasteiger partial charge < -0.3 is 10.2 Å². The highest BCUT2D eigenvalue weighted by molar-refractivity contribution is 7.99. The van der Waals surface area contributed by atoms with Gasteiger partial charge in [0.1, 0.15) is 0 Å². The predicted molar refractivity (Wildman–Crippen MR) is 77.9 cm³/mol. The smallest absolute Gasteiger partial charge is 0.226 e. The summed E-state index contributed by atoms with van der Waals surface area (Å²) in [6, 6.07) is 0. The van der Waals surface area contributed by atoms with Crippen molar-refractivity contribution in [1.82, 2.24) is 10.2 Å². The molecule has 0 aromatic heterocycles. The van der Waals surface area contributed by atoms with E-state index >= 15 is 0 Å². The minimum absolute atomic E-state index is 0.309. The van der Waals surface area contributed by atoms with Gasteiger partial charge in [-0.1, -0.05) is 6.92 Å². The molecular formula is C14H26N2OS. The van der Waals surface area contributed by atoms with E-state index in [4.69, 9.17) is 0 Å². The first kappa shape index (κ1) is 14.2. The normalized spacial score (nSPS) is 25.3. The van der Waals surface area contributed by atoms with Gasteiger partial charge in [0.25, 0.3) is 0 Å². The molecule has 0 saturated carbocycles. The third-order valence-electron chi connectivity index (χ3n) is 4.02. The van der Waals surface area contributed by atoms with Crippen LogP contribution in [0.5, 0.6) is 0 Å². The number of piperidine rings is 1. The summed E-state index contributed by atoms with van der Waals surface area (Å²) < 4.78 is 0. The monoisotopic (exact) mass is 270 g/mol. The van der Waals surface area contributed by atoms with Crippen LogP contribution in [0.4, 0.5) is 0 Å². The number of carbonyl (C=O) groups is 1. The molecule has 1 atom stereocenters. The number of amides is 1. The van der Waals surface area contributed by atoms with Crippen LogP contribution in [0.15, 0.2) is 0 Å². The Morgan fingerprint density at radius 3 is 2.72 bits per heavy atom. The van der Waals surface area contributed by atoms with Gasteiger partial charge in [-0.2, -0.15) is 11.8 Å². The summed E-state index contributed by atoms with van der Waals surface area (Å²) in [5.41, 5.74) is 0. The van der Waals surface area contributed by atoms with Gasteiger partial charge in [-0.25, -0.2) is 0 Å². The van der Waals surface area contributed by atoms with Gasteiger partial charge in [0.2, 0.25) is 5.91 Å². The molecule has 0 aliphatic carbocycles. The molecule has 2 aliphatic heterocycles. The minimum atomic E-state index is 0.309. The molecule has 2 aliphatic rings. The Kier molecular flexibility index (Phi) is 5.83. The number of carbonyl (C=O) groups excluding carboxylic acids is 1. The van der Waals surface area contributed by atoms with Gasteiger partial charge in [-0.15, -0.1) is 0 Å². The summed E-state index contributed by atoms with van der Waals surface area (Å²) >= 11 is 1.93. The first-order valence-electron chi connectivity index (χ1n) is 7.38. The zero-order valence-electron chi connectivity index (χ0n) is 11.5. The lowest BCUT2D eigenvalue weighted by molar-refractivity contribution is -0.135. The van der Waals surface area contributed by atoms with Crippen LogP contribution in [0.25, 0.3) is 0 Å². The molecule has 104 valence electrons. The van der Waals surface area contributed by atoms with Gasteiger partial charge in [0.05, 0.1) is 0 Å². The van der Waals surface area contributed by atoms with E-state index in [1.807, 2.05) is 11.8 Å². The molecule has 1 N–H and O–H groups in total. The third kappa shape index (κ3) is 3.89. The van der Waals surface area contributed by atoms with Crippen LogP contribution in [0, 0.1) is 11.8 Å². The third-order valence-corrected chi connectivity index (χ3v) is 5.18. The highest BCUT2D eigenvalue weighted by atomic mass is 32.2. The quantitative estimate of drug-likeness (QED) is 0.829. The molecule has 4 heteroatoms. The Morgan fingerprint density at radius 1 is 1.33 bits per heavy atom. The number of hydrogen-bond acceptors (Lipinski definition) is 3. The zero-order valence-corrected chi connectivity index (χ0v) is 12.3. The number of nitrogens with zero attached hydrogens (tertiary/aromatic N) is 1. The maximum atomic E-state index is 12.5. The second kappa shape index (κ2) is 7.39. The molecule has 2 rings (SSSR count). The Balaban J connectivity index is 1.87. The van der Waals surface area contributed by atoms with Crippen LogP contribution in [-0.4, -0.2) is 48.5 Å². The second-order valence-electron chi connectivity index (χ2n) is 5.54. The summed E-state index contributed by atoms with van der Waals surface area (Å²) in [5, 5.41) is 3.40. The van der Waals surface area contributed by atoms with Crippen LogP contribution >= 0.6 is 11.8 Å². The lowest BCUT2D eigenvalue weighted by Gasteiger charge is -2.31. The summed E-state index contributed by atoms with van der Waals surface area (Å²) in [6.07, 6.45) is 4.63. The fraction of sp³-hybridized carbons (Fsp3) is 0.929. The Labute approximate surface area is 115 Å². The molecule has 1 amide bonds. The van der Waals surface area contributed by atoms with Gasteiger partial charge in [0, 0.05) is 24.8 Å². The Morgan fingerprint density at radius 2 is 2.11 bits per heavy atom. The molecule has 0 spiro atoms. The van der Waals surface area contributed by atoms with Crippen molar-refractivity contribution in [3.63, 3.8) is 0 Å². The zero-order chi connectivity index (χ0) is 12.8. The first-order valence-corrected chi connectivity index (χ1v) is 8.54. The van der Waals surface area contributed by atoms with Crippen molar-refractivity contribution in [2.75, 3.05) is 37.7 Å². The molecule has 0 bridgehead atoms. The average molecular weight is 270 g/mol. The lowest BCUT2D eigenvalue weighted by atomic mass is 9.96. The van der Waals surface area contributed by atoms with E-state index in [-0.39, 0.29) is 0 Å². The van der Waals surface area contributed by atoms with E-state index in [1.54, 1.807) is 0 Å². The lowest BCUT2D eigenvalue weighted by Crippen LogP contribution is -2.42. The molecule has 0 aromatic rings. The maximum absolute atomic E-state index is 12.5. The standard InChI is InChI=1S/C14H26N2OS/c1-2-8-16(10-12-3-6-15-7-4-12)14(17)13-5-9-18-11-13/h12-13,15H,2-11H2,1H3. The fourth-order valence-corrected chi connectivity index (χ4v) is 4.14. The summed E-state index contributed by atoms with van der Waals surface area (Å²) in [4.78, 5) is 14.7. The van der Waals surface area contributed by atoms with Crippen LogP contribution in [0.1, 0.15) is 32.6 Å². The molecular weight excluding hydrogens is 244 g/mol. The SMILES string of the molecule is CCCN(CC1CCNCC1)C(=O)C1CCSC1. The molecule has 2 heterocycles. The minimum Gasteiger partial charge on any atom is -0.342 e. The highest BCUT2D eigenvalue weighted by Gasteiger charge is 2.28. The average Bonchev–Trinajstić information content (AvgIpc) is 2.92. The molecule has 1 unspecified atom stereocenters. The van der Waals surface area contributed by atoms with E-state index in [9.17, 15) is 4.79 Å². The van der Waals surface area contributed by atoms with Gasteiger partial charge in [-0.05, 0) is 50.4 Å². The van der Waals surface area contributed by atoms with Crippen molar-refractivity contribution in [3.05, 3.63) is 0 Å². The number of nitrogens with one attached hydrogen (secondary N) is 1. The van der Waals surface area contributed by atoms with Crippen molar-refractivity contribution in [2.45, 2.75) is 32.6 Å². The van der Waals surface area contributed by atoms with Crippen molar-refractivity contribution >= 4 is 17.7 Å². The Bertz CT molecular complexity index is 261. The predicted octanol–water partition coefficient (Wildman–Crippen LogP) is 1.98. The molecule has 0 aromatic carbocycles. The van der Waals surface area contributed by atoms with Crippen LogP contribution in [0.2, 0.25) is 0 Å². The Hall–Kier alpha value is -0.220. The van der Waals surface area contributed by atoms with Crippen molar-refractivity contribution in [1.29, 1.82) is 0 Å². The molecule has 0 radical (unpaired) electrons. The summed E-state index contributed by atoms with van der Waals surface area (Å²) in [7, 11) is 0. The van der Waals surface area contributed by atoms with Gasteiger partial charge in [-0.3, -0.25) is 4.79 Å². The topological polar surface area (TPSA) is 32.3 Å². The molecule has 2 saturated heterocycles. The van der Waals surface area contributed by atoms with Gasteiger partial charge >= 0.3 is 0 Å². The van der Waals surface area contributed by atoms with Crippen LogP contribution < -0.4 is 5.32 Å². The number of rotatable bonds is 5. The largest absolute Gasteiger partial charge is 0.342 e. The second-order valence-corrected chi connectivity index (χ2v) is 6.69. The van der Waals surface area contributed by atoms with E-state index < -0.39 is 0 Å². The number of hydrogen-bond donors (Lipinski definition) is 1. The van der Waals surface area contributed by atoms with E-state index in [2.05, 4.69) is 17.1 Å². The molecule has 2 fully saturated rings. The first-order chi connectivity index (χ1) is 8.81. The van der Waals surface area contributed by atoms with Crippen molar-refractivity contribution < 1.29 is 4.79 Å². The summed E-state index contributed by atoms with van der Waals surface area (Å²) in [6.45, 7) is 6.36. The molecule has 18 heavy (non-hydrogen) atoms. The number of thioether (sulfide) groups is 1. The van der Waals surface area contributed by atoms with E-state index in [0.29, 0.717) is 11.8 Å². The van der Waals surface area contributed by atoms with Crippen LogP contribution in [-0.2, 0) is 4.79 Å². The summed E-state index contributed by atoms with van der Waals surface area (Å²) in [5.74, 6) is 3.68. The molecule has 3 nitrogen and oxygen atoms in total. The van der Waals surface area contributed by atoms with Crippen LogP contribution in [0.3, 0.4) is 0 Å². The van der Waals surface area contributed by atoms with Crippen molar-refractivity contribution in [2.24, 2.45) is 11.8 Å².